The summed E-state index contributed by atoms with van der Waals surface area (Å²) in [5.74, 6) is -0.973. The number of nitrogens with one attached hydrogen (secondary N) is 2. The highest BCUT2D eigenvalue weighted by atomic mass is 16.4. The molecule has 0 saturated heterocycles. The lowest BCUT2D eigenvalue weighted by molar-refractivity contribution is -0.140. The van der Waals surface area contributed by atoms with Gasteiger partial charge in [-0.1, -0.05) is 27.7 Å². The Bertz CT molecular complexity index is 439. The third-order valence-electron chi connectivity index (χ3n) is 4.06. The molecule has 23 heavy (non-hydrogen) atoms. The molecule has 0 aliphatic heterocycles. The van der Waals surface area contributed by atoms with E-state index in [1.165, 1.54) is 0 Å². The molecule has 1 aliphatic carbocycles. The Balaban J connectivity index is 2.20. The number of hydrogen-bond donors (Lipinski definition) is 3. The number of likely N-dealkylation sites (N-methyl/N-ethyl adjacent to an activating group) is 1. The molecule has 0 bridgehead atoms. The van der Waals surface area contributed by atoms with Gasteiger partial charge in [-0.25, -0.2) is 0 Å². The molecule has 1 fully saturated rings. The van der Waals surface area contributed by atoms with Crippen LogP contribution in [0.1, 0.15) is 47.0 Å². The molecule has 0 aromatic heterocycles. The summed E-state index contributed by atoms with van der Waals surface area (Å²) in [5.41, 5.74) is -0.453. The van der Waals surface area contributed by atoms with Gasteiger partial charge in [0.15, 0.2) is 0 Å². The van der Waals surface area contributed by atoms with Crippen LogP contribution in [-0.2, 0) is 14.4 Å². The zero-order valence-corrected chi connectivity index (χ0v) is 14.5. The van der Waals surface area contributed by atoms with E-state index in [-0.39, 0.29) is 36.9 Å². The van der Waals surface area contributed by atoms with Crippen LogP contribution in [-0.4, -0.2) is 59.5 Å². The number of carbonyl (C=O) groups excluding carboxylic acids is 2. The predicted octanol–water partition coefficient (Wildman–Crippen LogP) is 0.593. The summed E-state index contributed by atoms with van der Waals surface area (Å²) >= 11 is 0. The second-order valence-corrected chi connectivity index (χ2v) is 7.10. The first-order valence-electron chi connectivity index (χ1n) is 8.17. The Labute approximate surface area is 137 Å². The van der Waals surface area contributed by atoms with E-state index in [2.05, 4.69) is 10.6 Å². The normalized spacial score (nSPS) is 20.7. The zero-order valence-electron chi connectivity index (χ0n) is 14.5. The molecular weight excluding hydrogens is 298 g/mol. The second kappa shape index (κ2) is 8.29. The number of rotatable bonds is 8. The van der Waals surface area contributed by atoms with Gasteiger partial charge in [0.1, 0.15) is 0 Å². The van der Waals surface area contributed by atoms with E-state index in [9.17, 15) is 14.4 Å². The van der Waals surface area contributed by atoms with Crippen molar-refractivity contribution in [1.29, 1.82) is 0 Å². The standard InChI is InChI=1S/C16H29N3O4/c1-5-19(10-14(21)22)12-8-11(9-12)18-13(20)6-7-17-15(23)16(2,3)4/h11-12H,5-10H2,1-4H3,(H,17,23)(H,18,20)(H,21,22). The Morgan fingerprint density at radius 3 is 2.30 bits per heavy atom. The van der Waals surface area contributed by atoms with Crippen LogP contribution in [0.3, 0.4) is 0 Å². The topological polar surface area (TPSA) is 98.7 Å². The molecule has 3 N–H and O–H groups in total. The summed E-state index contributed by atoms with van der Waals surface area (Å²) in [6, 6.07) is 0.329. The second-order valence-electron chi connectivity index (χ2n) is 7.10. The summed E-state index contributed by atoms with van der Waals surface area (Å²) in [5, 5.41) is 14.5. The van der Waals surface area contributed by atoms with Crippen molar-refractivity contribution in [3.8, 4) is 0 Å². The highest BCUT2D eigenvalue weighted by Crippen LogP contribution is 2.25. The number of carboxylic acid groups (broad SMARTS) is 1. The SMILES string of the molecule is CCN(CC(=O)O)C1CC(NC(=O)CCNC(=O)C(C)(C)C)C1. The van der Waals surface area contributed by atoms with Crippen LogP contribution in [0.25, 0.3) is 0 Å². The van der Waals surface area contributed by atoms with Crippen LogP contribution in [0.4, 0.5) is 0 Å². The van der Waals surface area contributed by atoms with E-state index in [0.29, 0.717) is 13.1 Å². The average molecular weight is 327 g/mol. The maximum atomic E-state index is 11.8. The third kappa shape index (κ3) is 6.56. The van der Waals surface area contributed by atoms with Crippen LogP contribution < -0.4 is 10.6 Å². The maximum Gasteiger partial charge on any atom is 0.317 e. The van der Waals surface area contributed by atoms with Crippen LogP contribution in [0.2, 0.25) is 0 Å². The summed E-state index contributed by atoms with van der Waals surface area (Å²) < 4.78 is 0. The molecule has 2 amide bonds. The van der Waals surface area contributed by atoms with Crippen molar-refractivity contribution in [2.45, 2.75) is 59.0 Å². The molecule has 132 valence electrons. The summed E-state index contributed by atoms with van der Waals surface area (Å²) in [6.45, 7) is 8.48. The first kappa shape index (κ1) is 19.4. The summed E-state index contributed by atoms with van der Waals surface area (Å²) in [6.07, 6.45) is 1.82. The average Bonchev–Trinajstić information content (AvgIpc) is 2.38. The lowest BCUT2D eigenvalue weighted by Gasteiger charge is -2.42. The van der Waals surface area contributed by atoms with E-state index in [4.69, 9.17) is 5.11 Å². The van der Waals surface area contributed by atoms with E-state index in [1.54, 1.807) is 0 Å². The first-order chi connectivity index (χ1) is 10.6. The fourth-order valence-electron chi connectivity index (χ4n) is 2.53. The van der Waals surface area contributed by atoms with Crippen molar-refractivity contribution in [3.63, 3.8) is 0 Å². The smallest absolute Gasteiger partial charge is 0.317 e. The molecule has 0 radical (unpaired) electrons. The predicted molar refractivity (Wildman–Crippen MR) is 86.9 cm³/mol. The van der Waals surface area contributed by atoms with Crippen molar-refractivity contribution in [2.75, 3.05) is 19.6 Å². The minimum absolute atomic E-state index is 0.0423. The number of carboxylic acids is 1. The molecule has 1 aliphatic rings. The van der Waals surface area contributed by atoms with Gasteiger partial charge in [-0.05, 0) is 19.4 Å². The van der Waals surface area contributed by atoms with Gasteiger partial charge >= 0.3 is 5.97 Å². The Kier molecular flexibility index (Phi) is 7.00. The fraction of sp³-hybridized carbons (Fsp3) is 0.812. The van der Waals surface area contributed by atoms with E-state index in [1.807, 2.05) is 32.6 Å². The van der Waals surface area contributed by atoms with Crippen LogP contribution in [0.15, 0.2) is 0 Å². The lowest BCUT2D eigenvalue weighted by atomic mass is 9.85. The number of carbonyl (C=O) groups is 3. The lowest BCUT2D eigenvalue weighted by Crippen LogP contribution is -2.55. The van der Waals surface area contributed by atoms with Crippen molar-refractivity contribution in [1.82, 2.24) is 15.5 Å². The van der Waals surface area contributed by atoms with Gasteiger partial charge in [0.2, 0.25) is 11.8 Å². The molecule has 0 aromatic rings. The first-order valence-corrected chi connectivity index (χ1v) is 8.17. The summed E-state index contributed by atoms with van der Waals surface area (Å²) in [7, 11) is 0. The highest BCUT2D eigenvalue weighted by Gasteiger charge is 2.34. The molecule has 1 rings (SSSR count). The third-order valence-corrected chi connectivity index (χ3v) is 4.06. The summed E-state index contributed by atoms with van der Waals surface area (Å²) in [4.78, 5) is 36.2. The largest absolute Gasteiger partial charge is 0.480 e. The Morgan fingerprint density at radius 2 is 1.83 bits per heavy atom. The highest BCUT2D eigenvalue weighted by molar-refractivity contribution is 5.82. The number of aliphatic carboxylic acids is 1. The van der Waals surface area contributed by atoms with Crippen molar-refractivity contribution < 1.29 is 19.5 Å². The van der Waals surface area contributed by atoms with Crippen LogP contribution >= 0.6 is 0 Å². The van der Waals surface area contributed by atoms with E-state index < -0.39 is 11.4 Å². The molecule has 0 spiro atoms. The number of amides is 2. The van der Waals surface area contributed by atoms with Gasteiger partial charge in [-0.3, -0.25) is 19.3 Å². The molecular formula is C16H29N3O4. The zero-order chi connectivity index (χ0) is 17.6. The van der Waals surface area contributed by atoms with Crippen LogP contribution in [0.5, 0.6) is 0 Å². The van der Waals surface area contributed by atoms with Gasteiger partial charge in [0.25, 0.3) is 0 Å². The van der Waals surface area contributed by atoms with Crippen molar-refractivity contribution in [3.05, 3.63) is 0 Å². The molecule has 0 heterocycles. The van der Waals surface area contributed by atoms with Gasteiger partial charge < -0.3 is 15.7 Å². The monoisotopic (exact) mass is 327 g/mol. The van der Waals surface area contributed by atoms with Gasteiger partial charge in [0.05, 0.1) is 6.54 Å². The maximum absolute atomic E-state index is 11.8. The molecule has 0 aromatic carbocycles. The minimum Gasteiger partial charge on any atom is -0.480 e. The molecule has 7 nitrogen and oxygen atoms in total. The Hall–Kier alpha value is -1.63. The van der Waals surface area contributed by atoms with Gasteiger partial charge in [-0.15, -0.1) is 0 Å². The quantitative estimate of drug-likeness (QED) is 0.606. The molecule has 0 unspecified atom stereocenters. The van der Waals surface area contributed by atoms with E-state index >= 15 is 0 Å². The molecule has 7 heteroatoms. The molecule has 1 saturated carbocycles. The minimum atomic E-state index is -0.825. The van der Waals surface area contributed by atoms with Gasteiger partial charge in [-0.2, -0.15) is 0 Å². The van der Waals surface area contributed by atoms with Gasteiger partial charge in [0, 0.05) is 30.5 Å². The van der Waals surface area contributed by atoms with Crippen molar-refractivity contribution >= 4 is 17.8 Å². The van der Waals surface area contributed by atoms with Crippen molar-refractivity contribution in [2.24, 2.45) is 5.41 Å². The fourth-order valence-corrected chi connectivity index (χ4v) is 2.53. The number of hydrogen-bond acceptors (Lipinski definition) is 4. The van der Waals surface area contributed by atoms with E-state index in [0.717, 1.165) is 12.8 Å². The number of nitrogens with zero attached hydrogens (tertiary/aromatic N) is 1. The van der Waals surface area contributed by atoms with Crippen LogP contribution in [0, 0.1) is 5.41 Å². The molecule has 0 atom stereocenters. The Morgan fingerprint density at radius 1 is 1.22 bits per heavy atom.